The van der Waals surface area contributed by atoms with Crippen LogP contribution in [0.15, 0.2) is 24.3 Å². The van der Waals surface area contributed by atoms with Gasteiger partial charge in [-0.05, 0) is 37.1 Å². The Morgan fingerprint density at radius 1 is 1.39 bits per heavy atom. The van der Waals surface area contributed by atoms with E-state index in [0.717, 1.165) is 19.1 Å². The molecule has 1 fully saturated rings. The van der Waals surface area contributed by atoms with Gasteiger partial charge in [0.15, 0.2) is 0 Å². The van der Waals surface area contributed by atoms with Crippen molar-refractivity contribution in [3.05, 3.63) is 30.1 Å². The number of carbonyl (C=O) groups excluding carboxylic acids is 1. The number of amides is 1. The van der Waals surface area contributed by atoms with Crippen molar-refractivity contribution in [2.24, 2.45) is 5.92 Å². The van der Waals surface area contributed by atoms with Gasteiger partial charge in [-0.2, -0.15) is 0 Å². The number of rotatable bonds is 6. The van der Waals surface area contributed by atoms with Gasteiger partial charge in [0.1, 0.15) is 11.6 Å². The van der Waals surface area contributed by atoms with Gasteiger partial charge in [-0.3, -0.25) is 4.79 Å². The van der Waals surface area contributed by atoms with E-state index in [1.807, 2.05) is 0 Å². The quantitative estimate of drug-likeness (QED) is 0.835. The number of benzene rings is 1. The highest BCUT2D eigenvalue weighted by Gasteiger charge is 2.24. The van der Waals surface area contributed by atoms with Gasteiger partial charge < -0.3 is 9.64 Å². The standard InChI is InChI=1S/C15H21FN2O4S/c1-23(20,21)17-9-15(19)18-8-2-3-12(10-18)11-22-14-6-4-13(16)5-7-14/h4-7,12,17H,2-3,8-11H2,1H3/t12-/m0/s1. The lowest BCUT2D eigenvalue weighted by molar-refractivity contribution is -0.131. The van der Waals surface area contributed by atoms with Gasteiger partial charge in [-0.25, -0.2) is 17.5 Å². The van der Waals surface area contributed by atoms with Crippen LogP contribution < -0.4 is 9.46 Å². The number of ether oxygens (including phenoxy) is 1. The molecule has 2 rings (SSSR count). The molecule has 1 heterocycles. The van der Waals surface area contributed by atoms with E-state index < -0.39 is 10.0 Å². The van der Waals surface area contributed by atoms with Crippen LogP contribution in [-0.2, 0) is 14.8 Å². The second-order valence-electron chi connectivity index (χ2n) is 5.71. The molecule has 1 aliphatic heterocycles. The summed E-state index contributed by atoms with van der Waals surface area (Å²) >= 11 is 0. The molecule has 1 aromatic rings. The number of sulfonamides is 1. The zero-order valence-electron chi connectivity index (χ0n) is 13.0. The molecule has 0 radical (unpaired) electrons. The zero-order chi connectivity index (χ0) is 16.9. The SMILES string of the molecule is CS(=O)(=O)NCC(=O)N1CCC[C@H](COc2ccc(F)cc2)C1. The molecule has 8 heteroatoms. The molecule has 1 aliphatic rings. The molecule has 0 unspecified atom stereocenters. The third-order valence-corrected chi connectivity index (χ3v) is 4.33. The highest BCUT2D eigenvalue weighted by atomic mass is 32.2. The van der Waals surface area contributed by atoms with E-state index in [1.54, 1.807) is 17.0 Å². The van der Waals surface area contributed by atoms with E-state index in [-0.39, 0.29) is 24.2 Å². The normalized spacial score (nSPS) is 18.7. The van der Waals surface area contributed by atoms with Gasteiger partial charge in [0.2, 0.25) is 15.9 Å². The maximum absolute atomic E-state index is 12.8. The Labute approximate surface area is 135 Å². The van der Waals surface area contributed by atoms with Gasteiger partial charge in [-0.15, -0.1) is 0 Å². The smallest absolute Gasteiger partial charge is 0.237 e. The maximum Gasteiger partial charge on any atom is 0.237 e. The molecular formula is C15H21FN2O4S. The summed E-state index contributed by atoms with van der Waals surface area (Å²) in [6, 6.07) is 5.81. The Morgan fingerprint density at radius 2 is 2.09 bits per heavy atom. The maximum atomic E-state index is 12.8. The number of piperidine rings is 1. The van der Waals surface area contributed by atoms with Gasteiger partial charge in [0, 0.05) is 19.0 Å². The van der Waals surface area contributed by atoms with Crippen molar-refractivity contribution < 1.29 is 22.3 Å². The Balaban J connectivity index is 1.80. The van der Waals surface area contributed by atoms with Crippen molar-refractivity contribution in [3.8, 4) is 5.75 Å². The van der Waals surface area contributed by atoms with E-state index >= 15 is 0 Å². The number of likely N-dealkylation sites (tertiary alicyclic amines) is 1. The minimum absolute atomic E-state index is 0.177. The third kappa shape index (κ3) is 6.15. The Kier molecular flexibility index (Phi) is 5.95. The van der Waals surface area contributed by atoms with Crippen LogP contribution in [-0.4, -0.2) is 51.7 Å². The highest BCUT2D eigenvalue weighted by molar-refractivity contribution is 7.88. The van der Waals surface area contributed by atoms with Crippen LogP contribution in [0.1, 0.15) is 12.8 Å². The van der Waals surface area contributed by atoms with Crippen LogP contribution in [0.3, 0.4) is 0 Å². The lowest BCUT2D eigenvalue weighted by Gasteiger charge is -2.32. The molecule has 1 amide bonds. The summed E-state index contributed by atoms with van der Waals surface area (Å²) in [6.07, 6.45) is 2.81. The monoisotopic (exact) mass is 344 g/mol. The number of nitrogens with zero attached hydrogens (tertiary/aromatic N) is 1. The largest absolute Gasteiger partial charge is 0.493 e. The fourth-order valence-electron chi connectivity index (χ4n) is 2.48. The molecule has 0 spiro atoms. The molecule has 6 nitrogen and oxygen atoms in total. The average molecular weight is 344 g/mol. The summed E-state index contributed by atoms with van der Waals surface area (Å²) in [4.78, 5) is 13.7. The van der Waals surface area contributed by atoms with Crippen molar-refractivity contribution in [3.63, 3.8) is 0 Å². The zero-order valence-corrected chi connectivity index (χ0v) is 13.8. The first-order valence-electron chi connectivity index (χ1n) is 7.44. The van der Waals surface area contributed by atoms with Crippen molar-refractivity contribution in [1.82, 2.24) is 9.62 Å². The number of hydrogen-bond donors (Lipinski definition) is 1. The predicted octanol–water partition coefficient (Wildman–Crippen LogP) is 0.992. The van der Waals surface area contributed by atoms with E-state index in [2.05, 4.69) is 4.72 Å². The summed E-state index contributed by atoms with van der Waals surface area (Å²) in [5, 5.41) is 0. The van der Waals surface area contributed by atoms with Crippen LogP contribution in [0.25, 0.3) is 0 Å². The van der Waals surface area contributed by atoms with Crippen molar-refractivity contribution in [2.75, 3.05) is 32.5 Å². The summed E-state index contributed by atoms with van der Waals surface area (Å²) < 4.78 is 42.7. The fourth-order valence-corrected chi connectivity index (χ4v) is 2.86. The molecule has 1 N–H and O–H groups in total. The van der Waals surface area contributed by atoms with Crippen molar-refractivity contribution in [2.45, 2.75) is 12.8 Å². The van der Waals surface area contributed by atoms with Gasteiger partial charge in [0.25, 0.3) is 0 Å². The Morgan fingerprint density at radius 3 is 2.74 bits per heavy atom. The van der Waals surface area contributed by atoms with Gasteiger partial charge in [-0.1, -0.05) is 0 Å². The molecule has 0 aliphatic carbocycles. The minimum atomic E-state index is -3.37. The molecular weight excluding hydrogens is 323 g/mol. The third-order valence-electron chi connectivity index (χ3n) is 3.66. The number of nitrogens with one attached hydrogen (secondary N) is 1. The van der Waals surface area contributed by atoms with Crippen LogP contribution >= 0.6 is 0 Å². The van der Waals surface area contributed by atoms with Gasteiger partial charge >= 0.3 is 0 Å². The van der Waals surface area contributed by atoms with Crippen LogP contribution in [0.4, 0.5) is 4.39 Å². The first kappa shape index (κ1) is 17.7. The lowest BCUT2D eigenvalue weighted by Crippen LogP contribution is -2.45. The van der Waals surface area contributed by atoms with Crippen LogP contribution in [0.5, 0.6) is 5.75 Å². The summed E-state index contributed by atoms with van der Waals surface area (Å²) in [5.74, 6) is 0.219. The average Bonchev–Trinajstić information content (AvgIpc) is 2.51. The lowest BCUT2D eigenvalue weighted by atomic mass is 9.99. The second-order valence-corrected chi connectivity index (χ2v) is 7.54. The molecule has 0 bridgehead atoms. The number of hydrogen-bond acceptors (Lipinski definition) is 4. The van der Waals surface area contributed by atoms with E-state index in [4.69, 9.17) is 4.74 Å². The number of carbonyl (C=O) groups is 1. The molecule has 1 atom stereocenters. The molecule has 23 heavy (non-hydrogen) atoms. The molecule has 0 saturated carbocycles. The molecule has 128 valence electrons. The summed E-state index contributed by atoms with van der Waals surface area (Å²) in [6.45, 7) is 1.38. The van der Waals surface area contributed by atoms with Crippen molar-refractivity contribution >= 4 is 15.9 Å². The predicted molar refractivity (Wildman–Crippen MR) is 84.0 cm³/mol. The number of halogens is 1. The highest BCUT2D eigenvalue weighted by Crippen LogP contribution is 2.19. The van der Waals surface area contributed by atoms with E-state index in [1.165, 1.54) is 12.1 Å². The first-order chi connectivity index (χ1) is 10.8. The molecule has 1 aromatic carbocycles. The van der Waals surface area contributed by atoms with E-state index in [9.17, 15) is 17.6 Å². The summed E-state index contributed by atoms with van der Waals surface area (Å²) in [7, 11) is -3.37. The topological polar surface area (TPSA) is 75.7 Å². The Bertz CT molecular complexity index is 633. The Hall–Kier alpha value is -1.67. The van der Waals surface area contributed by atoms with Crippen molar-refractivity contribution in [1.29, 1.82) is 0 Å². The fraction of sp³-hybridized carbons (Fsp3) is 0.533. The van der Waals surface area contributed by atoms with Gasteiger partial charge in [0.05, 0.1) is 19.4 Å². The summed E-state index contributed by atoms with van der Waals surface area (Å²) in [5.41, 5.74) is 0. The first-order valence-corrected chi connectivity index (χ1v) is 9.33. The minimum Gasteiger partial charge on any atom is -0.493 e. The van der Waals surface area contributed by atoms with E-state index in [0.29, 0.717) is 25.4 Å². The second kappa shape index (κ2) is 7.74. The van der Waals surface area contributed by atoms with Crippen LogP contribution in [0.2, 0.25) is 0 Å². The van der Waals surface area contributed by atoms with Crippen LogP contribution in [0, 0.1) is 11.7 Å². The molecule has 0 aromatic heterocycles. The molecule has 1 saturated heterocycles.